The maximum absolute atomic E-state index is 3.57. The van der Waals surface area contributed by atoms with Gasteiger partial charge in [-0.1, -0.05) is 6.07 Å². The summed E-state index contributed by atoms with van der Waals surface area (Å²) in [6, 6.07) is 7.30. The minimum Gasteiger partial charge on any atom is -0.378 e. The molecule has 0 aromatic heterocycles. The monoisotopic (exact) mass is 254 g/mol. The topological polar surface area (TPSA) is 15.3 Å². The summed E-state index contributed by atoms with van der Waals surface area (Å²) < 4.78 is 1.14. The number of halogens is 1. The number of likely N-dealkylation sites (N-methyl/N-ethyl adjacent to an activating group) is 1. The molecule has 1 N–H and O–H groups in total. The Bertz CT molecular complexity index is 351. The number of hydrogen-bond acceptors (Lipinski definition) is 2. The molecular weight excluding hydrogens is 240 g/mol. The highest BCUT2D eigenvalue weighted by Crippen LogP contribution is 2.37. The largest absolute Gasteiger partial charge is 0.378 e. The van der Waals surface area contributed by atoms with Crippen LogP contribution in [0.4, 0.5) is 11.4 Å². The number of anilines is 2. The predicted molar refractivity (Wildman–Crippen MR) is 65.1 cm³/mol. The van der Waals surface area contributed by atoms with Gasteiger partial charge in [0.15, 0.2) is 0 Å². The number of para-hydroxylation sites is 1. The van der Waals surface area contributed by atoms with Gasteiger partial charge < -0.3 is 10.2 Å². The van der Waals surface area contributed by atoms with Gasteiger partial charge >= 0.3 is 0 Å². The van der Waals surface area contributed by atoms with Crippen LogP contribution < -0.4 is 10.2 Å². The van der Waals surface area contributed by atoms with Crippen molar-refractivity contribution in [1.29, 1.82) is 0 Å². The van der Waals surface area contributed by atoms with Crippen LogP contribution >= 0.6 is 15.9 Å². The van der Waals surface area contributed by atoms with Crippen molar-refractivity contribution in [2.75, 3.05) is 17.3 Å². The maximum atomic E-state index is 3.57. The van der Waals surface area contributed by atoms with Crippen LogP contribution in [0, 0.1) is 0 Å². The first-order valence-electron chi connectivity index (χ1n) is 4.89. The zero-order valence-corrected chi connectivity index (χ0v) is 10.3. The van der Waals surface area contributed by atoms with Gasteiger partial charge in [-0.3, -0.25) is 0 Å². The standard InChI is InChI=1S/C11H15BrN2/c1-7-8(2)14(3)10-6-4-5-9(12)11(10)13-7/h4-8,13H,1-3H3. The van der Waals surface area contributed by atoms with Crippen molar-refractivity contribution >= 4 is 27.3 Å². The molecule has 1 heterocycles. The molecule has 14 heavy (non-hydrogen) atoms. The number of hydrogen-bond donors (Lipinski definition) is 1. The van der Waals surface area contributed by atoms with Crippen molar-refractivity contribution in [1.82, 2.24) is 0 Å². The van der Waals surface area contributed by atoms with Crippen molar-refractivity contribution in [3.8, 4) is 0 Å². The lowest BCUT2D eigenvalue weighted by Crippen LogP contribution is -2.45. The van der Waals surface area contributed by atoms with E-state index in [1.807, 2.05) is 0 Å². The highest BCUT2D eigenvalue weighted by atomic mass is 79.9. The Balaban J connectivity index is 2.50. The Morgan fingerprint density at radius 1 is 1.36 bits per heavy atom. The molecule has 0 spiro atoms. The van der Waals surface area contributed by atoms with E-state index in [0.29, 0.717) is 12.1 Å². The van der Waals surface area contributed by atoms with E-state index in [4.69, 9.17) is 0 Å². The van der Waals surface area contributed by atoms with Crippen LogP contribution in [0.3, 0.4) is 0 Å². The molecule has 2 rings (SSSR count). The summed E-state index contributed by atoms with van der Waals surface area (Å²) >= 11 is 3.57. The molecule has 76 valence electrons. The molecule has 0 radical (unpaired) electrons. The van der Waals surface area contributed by atoms with Crippen LogP contribution in [0.1, 0.15) is 13.8 Å². The average molecular weight is 255 g/mol. The smallest absolute Gasteiger partial charge is 0.0725 e. The first-order chi connectivity index (χ1) is 6.61. The zero-order chi connectivity index (χ0) is 10.3. The van der Waals surface area contributed by atoms with Crippen LogP contribution in [0.15, 0.2) is 22.7 Å². The molecular formula is C11H15BrN2. The number of fused-ring (bicyclic) bond motifs is 1. The second-order valence-corrected chi connectivity index (χ2v) is 4.77. The molecule has 0 amide bonds. The SMILES string of the molecule is CC1Nc2c(Br)cccc2N(C)C1C. The Morgan fingerprint density at radius 3 is 2.79 bits per heavy atom. The quantitative estimate of drug-likeness (QED) is 0.766. The van der Waals surface area contributed by atoms with Crippen LogP contribution in [0.25, 0.3) is 0 Å². The Kier molecular flexibility index (Phi) is 2.43. The van der Waals surface area contributed by atoms with E-state index in [1.165, 1.54) is 11.4 Å². The van der Waals surface area contributed by atoms with E-state index in [0.717, 1.165) is 4.47 Å². The summed E-state index contributed by atoms with van der Waals surface area (Å²) in [5, 5.41) is 3.52. The summed E-state index contributed by atoms with van der Waals surface area (Å²) in [4.78, 5) is 2.32. The van der Waals surface area contributed by atoms with Gasteiger partial charge in [-0.25, -0.2) is 0 Å². The number of rotatable bonds is 0. The van der Waals surface area contributed by atoms with E-state index in [2.05, 4.69) is 65.2 Å². The second-order valence-electron chi connectivity index (χ2n) is 3.92. The van der Waals surface area contributed by atoms with Crippen molar-refractivity contribution < 1.29 is 0 Å². The van der Waals surface area contributed by atoms with Crippen molar-refractivity contribution in [3.05, 3.63) is 22.7 Å². The maximum Gasteiger partial charge on any atom is 0.0725 e. The molecule has 0 aliphatic carbocycles. The average Bonchev–Trinajstić information content (AvgIpc) is 2.17. The van der Waals surface area contributed by atoms with Gasteiger partial charge in [-0.05, 0) is 41.9 Å². The number of nitrogens with one attached hydrogen (secondary N) is 1. The van der Waals surface area contributed by atoms with E-state index < -0.39 is 0 Å². The van der Waals surface area contributed by atoms with Crippen molar-refractivity contribution in [3.63, 3.8) is 0 Å². The highest BCUT2D eigenvalue weighted by molar-refractivity contribution is 9.10. The Hall–Kier alpha value is -0.700. The highest BCUT2D eigenvalue weighted by Gasteiger charge is 2.26. The third-order valence-corrected chi connectivity index (χ3v) is 3.74. The lowest BCUT2D eigenvalue weighted by molar-refractivity contribution is 0.587. The first-order valence-corrected chi connectivity index (χ1v) is 5.68. The molecule has 1 aliphatic heterocycles. The second kappa shape index (κ2) is 3.46. The molecule has 0 fully saturated rings. The molecule has 0 saturated heterocycles. The third-order valence-electron chi connectivity index (χ3n) is 3.08. The van der Waals surface area contributed by atoms with Crippen LogP contribution in [0.2, 0.25) is 0 Å². The molecule has 2 unspecified atom stereocenters. The van der Waals surface area contributed by atoms with Crippen LogP contribution in [0.5, 0.6) is 0 Å². The van der Waals surface area contributed by atoms with Gasteiger partial charge in [0.05, 0.1) is 11.4 Å². The fraction of sp³-hybridized carbons (Fsp3) is 0.455. The van der Waals surface area contributed by atoms with Gasteiger partial charge in [0.2, 0.25) is 0 Å². The molecule has 1 aromatic carbocycles. The summed E-state index contributed by atoms with van der Waals surface area (Å²) in [5.41, 5.74) is 2.48. The molecule has 2 atom stereocenters. The van der Waals surface area contributed by atoms with E-state index in [9.17, 15) is 0 Å². The predicted octanol–water partition coefficient (Wildman–Crippen LogP) is 3.09. The normalized spacial score (nSPS) is 25.6. The zero-order valence-electron chi connectivity index (χ0n) is 8.71. The molecule has 3 heteroatoms. The third kappa shape index (κ3) is 1.40. The number of nitrogens with zero attached hydrogens (tertiary/aromatic N) is 1. The lowest BCUT2D eigenvalue weighted by Gasteiger charge is -2.39. The summed E-state index contributed by atoms with van der Waals surface area (Å²) in [6.07, 6.45) is 0. The fourth-order valence-corrected chi connectivity index (χ4v) is 2.32. The Morgan fingerprint density at radius 2 is 2.07 bits per heavy atom. The van der Waals surface area contributed by atoms with E-state index >= 15 is 0 Å². The summed E-state index contributed by atoms with van der Waals surface area (Å²) in [7, 11) is 2.15. The van der Waals surface area contributed by atoms with Gasteiger partial charge in [0.25, 0.3) is 0 Å². The van der Waals surface area contributed by atoms with Crippen molar-refractivity contribution in [2.45, 2.75) is 25.9 Å². The first kappa shape index (κ1) is 9.84. The summed E-state index contributed by atoms with van der Waals surface area (Å²) in [5.74, 6) is 0. The molecule has 1 aliphatic rings. The van der Waals surface area contributed by atoms with E-state index in [-0.39, 0.29) is 0 Å². The van der Waals surface area contributed by atoms with Gasteiger partial charge in [-0.2, -0.15) is 0 Å². The van der Waals surface area contributed by atoms with Crippen molar-refractivity contribution in [2.24, 2.45) is 0 Å². The molecule has 0 saturated carbocycles. The summed E-state index contributed by atoms with van der Waals surface area (Å²) in [6.45, 7) is 4.45. The van der Waals surface area contributed by atoms with E-state index in [1.54, 1.807) is 0 Å². The van der Waals surface area contributed by atoms with Crippen LogP contribution in [-0.4, -0.2) is 19.1 Å². The molecule has 2 nitrogen and oxygen atoms in total. The van der Waals surface area contributed by atoms with Gasteiger partial charge in [-0.15, -0.1) is 0 Å². The van der Waals surface area contributed by atoms with Crippen LogP contribution in [-0.2, 0) is 0 Å². The van der Waals surface area contributed by atoms with Gasteiger partial charge in [0.1, 0.15) is 0 Å². The minimum atomic E-state index is 0.478. The lowest BCUT2D eigenvalue weighted by atomic mass is 10.0. The Labute approximate surface area is 93.4 Å². The number of benzene rings is 1. The minimum absolute atomic E-state index is 0.478. The molecule has 0 bridgehead atoms. The fourth-order valence-electron chi connectivity index (χ4n) is 1.85. The van der Waals surface area contributed by atoms with Gasteiger partial charge in [0, 0.05) is 23.6 Å². The molecule has 1 aromatic rings.